The van der Waals surface area contributed by atoms with Crippen molar-refractivity contribution < 1.29 is 8.42 Å². The predicted molar refractivity (Wildman–Crippen MR) is 100 cm³/mol. The SMILES string of the molecule is CN=C(NCc1ccc(S(C)(=O)=O)c(C)c1)NCc1ccc(C)s1. The average Bonchev–Trinajstić information content (AvgIpc) is 2.92. The van der Waals surface area contributed by atoms with E-state index in [4.69, 9.17) is 0 Å². The van der Waals surface area contributed by atoms with Gasteiger partial charge in [0.05, 0.1) is 11.4 Å². The van der Waals surface area contributed by atoms with Gasteiger partial charge in [0.25, 0.3) is 0 Å². The van der Waals surface area contributed by atoms with Crippen molar-refractivity contribution in [2.24, 2.45) is 4.99 Å². The lowest BCUT2D eigenvalue weighted by Crippen LogP contribution is -2.36. The van der Waals surface area contributed by atoms with Crippen LogP contribution < -0.4 is 10.6 Å². The van der Waals surface area contributed by atoms with Crippen LogP contribution >= 0.6 is 11.3 Å². The van der Waals surface area contributed by atoms with Crippen molar-refractivity contribution in [3.63, 3.8) is 0 Å². The van der Waals surface area contributed by atoms with Crippen molar-refractivity contribution in [3.05, 3.63) is 51.2 Å². The minimum Gasteiger partial charge on any atom is -0.352 e. The standard InChI is InChI=1S/C17H23N3O2S2/c1-12-9-14(6-8-16(12)24(4,21)22)10-19-17(18-3)20-11-15-7-5-13(2)23-15/h5-9H,10-11H2,1-4H3,(H2,18,19,20). The fourth-order valence-corrected chi connectivity index (χ4v) is 4.18. The number of hydrogen-bond acceptors (Lipinski definition) is 4. The third-order valence-electron chi connectivity index (χ3n) is 3.55. The van der Waals surface area contributed by atoms with Gasteiger partial charge in [-0.05, 0) is 43.2 Å². The summed E-state index contributed by atoms with van der Waals surface area (Å²) in [5.41, 5.74) is 1.77. The van der Waals surface area contributed by atoms with Crippen LogP contribution in [0.2, 0.25) is 0 Å². The van der Waals surface area contributed by atoms with Gasteiger partial charge >= 0.3 is 0 Å². The highest BCUT2D eigenvalue weighted by molar-refractivity contribution is 7.90. The van der Waals surface area contributed by atoms with Crippen molar-refractivity contribution in [2.75, 3.05) is 13.3 Å². The van der Waals surface area contributed by atoms with E-state index in [0.29, 0.717) is 17.4 Å². The average molecular weight is 366 g/mol. The second kappa shape index (κ2) is 7.81. The molecule has 130 valence electrons. The Balaban J connectivity index is 1.94. The maximum Gasteiger partial charge on any atom is 0.191 e. The van der Waals surface area contributed by atoms with E-state index in [1.54, 1.807) is 24.5 Å². The number of aryl methyl sites for hydroxylation is 2. The van der Waals surface area contributed by atoms with E-state index >= 15 is 0 Å². The van der Waals surface area contributed by atoms with E-state index in [2.05, 4.69) is 34.7 Å². The minimum atomic E-state index is -3.18. The lowest BCUT2D eigenvalue weighted by molar-refractivity contribution is 0.601. The number of nitrogens with zero attached hydrogens (tertiary/aromatic N) is 1. The highest BCUT2D eigenvalue weighted by Gasteiger charge is 2.11. The molecule has 1 aromatic heterocycles. The van der Waals surface area contributed by atoms with E-state index in [1.807, 2.05) is 19.1 Å². The second-order valence-electron chi connectivity index (χ2n) is 5.66. The molecule has 0 atom stereocenters. The highest BCUT2D eigenvalue weighted by atomic mass is 32.2. The zero-order valence-electron chi connectivity index (χ0n) is 14.4. The molecule has 0 aliphatic carbocycles. The van der Waals surface area contributed by atoms with Gasteiger partial charge in [0, 0.05) is 29.6 Å². The smallest absolute Gasteiger partial charge is 0.191 e. The first-order valence-corrected chi connectivity index (χ1v) is 10.3. The molecular weight excluding hydrogens is 342 g/mol. The summed E-state index contributed by atoms with van der Waals surface area (Å²) >= 11 is 1.76. The fraction of sp³-hybridized carbons (Fsp3) is 0.353. The van der Waals surface area contributed by atoms with Gasteiger partial charge in [0.15, 0.2) is 15.8 Å². The number of hydrogen-bond donors (Lipinski definition) is 2. The lowest BCUT2D eigenvalue weighted by Gasteiger charge is -2.12. The van der Waals surface area contributed by atoms with Gasteiger partial charge in [0.2, 0.25) is 0 Å². The summed E-state index contributed by atoms with van der Waals surface area (Å²) in [6, 6.07) is 9.58. The largest absolute Gasteiger partial charge is 0.352 e. The summed E-state index contributed by atoms with van der Waals surface area (Å²) in [5.74, 6) is 0.714. The Morgan fingerprint density at radius 2 is 1.83 bits per heavy atom. The summed E-state index contributed by atoms with van der Waals surface area (Å²) in [4.78, 5) is 7.13. The molecule has 0 aliphatic rings. The van der Waals surface area contributed by atoms with Crippen molar-refractivity contribution in [3.8, 4) is 0 Å². The first kappa shape index (κ1) is 18.5. The van der Waals surface area contributed by atoms with Crippen LogP contribution in [-0.4, -0.2) is 27.7 Å². The summed E-state index contributed by atoms with van der Waals surface area (Å²) in [6.45, 7) is 5.20. The van der Waals surface area contributed by atoms with Gasteiger partial charge in [-0.2, -0.15) is 0 Å². The number of rotatable bonds is 5. The highest BCUT2D eigenvalue weighted by Crippen LogP contribution is 2.17. The molecule has 2 N–H and O–H groups in total. The van der Waals surface area contributed by atoms with Gasteiger partial charge in [-0.3, -0.25) is 4.99 Å². The molecule has 24 heavy (non-hydrogen) atoms. The van der Waals surface area contributed by atoms with E-state index in [1.165, 1.54) is 16.0 Å². The Morgan fingerprint density at radius 3 is 2.38 bits per heavy atom. The van der Waals surface area contributed by atoms with Crippen LogP contribution in [-0.2, 0) is 22.9 Å². The lowest BCUT2D eigenvalue weighted by atomic mass is 10.1. The molecule has 0 radical (unpaired) electrons. The molecule has 0 fully saturated rings. The van der Waals surface area contributed by atoms with Crippen LogP contribution in [0.5, 0.6) is 0 Å². The van der Waals surface area contributed by atoms with Crippen LogP contribution in [0.3, 0.4) is 0 Å². The summed E-state index contributed by atoms with van der Waals surface area (Å²) in [6.07, 6.45) is 1.23. The number of nitrogens with one attached hydrogen (secondary N) is 2. The second-order valence-corrected chi connectivity index (χ2v) is 9.02. The van der Waals surface area contributed by atoms with E-state index < -0.39 is 9.84 Å². The number of benzene rings is 1. The molecule has 1 heterocycles. The quantitative estimate of drug-likeness (QED) is 0.631. The maximum atomic E-state index is 11.7. The maximum absolute atomic E-state index is 11.7. The van der Waals surface area contributed by atoms with Gasteiger partial charge in [-0.15, -0.1) is 11.3 Å². The van der Waals surface area contributed by atoms with Crippen LogP contribution in [0.15, 0.2) is 40.2 Å². The summed E-state index contributed by atoms with van der Waals surface area (Å²) in [5, 5.41) is 6.52. The zero-order chi connectivity index (χ0) is 17.7. The predicted octanol–water partition coefficient (Wildman–Crippen LogP) is 2.63. The van der Waals surface area contributed by atoms with Crippen molar-refractivity contribution >= 4 is 27.1 Å². The van der Waals surface area contributed by atoms with Crippen molar-refractivity contribution in [1.82, 2.24) is 10.6 Å². The van der Waals surface area contributed by atoms with E-state index in [-0.39, 0.29) is 0 Å². The Labute approximate surface area is 147 Å². The molecule has 5 nitrogen and oxygen atoms in total. The van der Waals surface area contributed by atoms with Crippen molar-refractivity contribution in [2.45, 2.75) is 31.8 Å². The van der Waals surface area contributed by atoms with Crippen LogP contribution in [0.1, 0.15) is 20.9 Å². The first-order chi connectivity index (χ1) is 11.3. The van der Waals surface area contributed by atoms with E-state index in [9.17, 15) is 8.42 Å². The molecule has 0 amide bonds. The molecule has 7 heteroatoms. The molecule has 0 aliphatic heterocycles. The Morgan fingerprint density at radius 1 is 1.12 bits per heavy atom. The van der Waals surface area contributed by atoms with Gasteiger partial charge in [-0.1, -0.05) is 12.1 Å². The van der Waals surface area contributed by atoms with Crippen molar-refractivity contribution in [1.29, 1.82) is 0 Å². The molecule has 0 bridgehead atoms. The molecule has 1 aromatic carbocycles. The summed E-state index contributed by atoms with van der Waals surface area (Å²) in [7, 11) is -1.45. The third kappa shape index (κ3) is 5.07. The first-order valence-electron chi connectivity index (χ1n) is 7.59. The molecule has 0 spiro atoms. The van der Waals surface area contributed by atoms with Gasteiger partial charge < -0.3 is 10.6 Å². The zero-order valence-corrected chi connectivity index (χ0v) is 16.0. The number of thiophene rings is 1. The third-order valence-corrected chi connectivity index (χ3v) is 5.81. The minimum absolute atomic E-state index is 0.377. The molecule has 2 aromatic rings. The number of aliphatic imine (C=N–C) groups is 1. The number of sulfone groups is 1. The topological polar surface area (TPSA) is 70.6 Å². The molecule has 2 rings (SSSR count). The summed E-state index contributed by atoms with van der Waals surface area (Å²) < 4.78 is 23.3. The van der Waals surface area contributed by atoms with Gasteiger partial charge in [0.1, 0.15) is 0 Å². The van der Waals surface area contributed by atoms with Crippen LogP contribution in [0, 0.1) is 13.8 Å². The normalized spacial score (nSPS) is 12.2. The molecular formula is C17H23N3O2S2. The Hall–Kier alpha value is -1.86. The van der Waals surface area contributed by atoms with Gasteiger partial charge in [-0.25, -0.2) is 8.42 Å². The van der Waals surface area contributed by atoms with E-state index in [0.717, 1.165) is 17.7 Å². The number of guanidine groups is 1. The Kier molecular flexibility index (Phi) is 6.01. The fourth-order valence-electron chi connectivity index (χ4n) is 2.39. The van der Waals surface area contributed by atoms with Crippen LogP contribution in [0.25, 0.3) is 0 Å². The Bertz CT molecular complexity index is 839. The molecule has 0 saturated carbocycles. The monoisotopic (exact) mass is 365 g/mol. The molecule has 0 unspecified atom stereocenters. The van der Waals surface area contributed by atoms with Crippen LogP contribution in [0.4, 0.5) is 0 Å². The molecule has 0 saturated heterocycles.